The van der Waals surface area contributed by atoms with Gasteiger partial charge in [-0.05, 0) is 26.7 Å². The molecule has 1 aliphatic heterocycles. The van der Waals surface area contributed by atoms with Crippen molar-refractivity contribution in [1.29, 1.82) is 0 Å². The molecule has 1 fully saturated rings. The molecule has 1 aliphatic rings. The first-order valence-corrected chi connectivity index (χ1v) is 7.25. The Morgan fingerprint density at radius 1 is 1.50 bits per heavy atom. The molecule has 0 spiro atoms. The number of nitrogens with zero attached hydrogens (tertiary/aromatic N) is 2. The van der Waals surface area contributed by atoms with Crippen molar-refractivity contribution in [2.45, 2.75) is 39.2 Å². The van der Waals surface area contributed by atoms with Gasteiger partial charge in [-0.2, -0.15) is 0 Å². The summed E-state index contributed by atoms with van der Waals surface area (Å²) >= 11 is 0. The highest BCUT2D eigenvalue weighted by Gasteiger charge is 2.18. The maximum Gasteiger partial charge on any atom is 0.220 e. The van der Waals surface area contributed by atoms with Crippen LogP contribution in [-0.4, -0.2) is 43.2 Å². The third kappa shape index (κ3) is 5.15. The first kappa shape index (κ1) is 18.7. The fourth-order valence-corrected chi connectivity index (χ4v) is 2.41. The Balaban J connectivity index is 0.00000242. The largest absolute Gasteiger partial charge is 0.361 e. The van der Waals surface area contributed by atoms with Gasteiger partial charge in [0.05, 0.1) is 5.69 Å². The third-order valence-corrected chi connectivity index (χ3v) is 3.68. The van der Waals surface area contributed by atoms with Crippen LogP contribution in [0.15, 0.2) is 9.52 Å². The maximum atomic E-state index is 11.1. The van der Waals surface area contributed by atoms with Crippen LogP contribution in [-0.2, 0) is 11.2 Å². The van der Waals surface area contributed by atoms with Gasteiger partial charge in [-0.1, -0.05) is 5.16 Å². The van der Waals surface area contributed by atoms with Gasteiger partial charge < -0.3 is 20.5 Å². The number of carbonyl (C=O) groups is 1. The van der Waals surface area contributed by atoms with Crippen LogP contribution >= 0.6 is 24.0 Å². The summed E-state index contributed by atoms with van der Waals surface area (Å²) in [5.74, 6) is 1.74. The number of amides is 1. The summed E-state index contributed by atoms with van der Waals surface area (Å²) in [4.78, 5) is 15.3. The number of piperidine rings is 1. The minimum Gasteiger partial charge on any atom is -0.361 e. The molecule has 22 heavy (non-hydrogen) atoms. The van der Waals surface area contributed by atoms with Gasteiger partial charge in [-0.15, -0.1) is 24.0 Å². The molecule has 0 bridgehead atoms. The first-order chi connectivity index (χ1) is 10.1. The summed E-state index contributed by atoms with van der Waals surface area (Å²) in [5.41, 5.74) is 2.08. The van der Waals surface area contributed by atoms with Crippen LogP contribution in [0.5, 0.6) is 0 Å². The Morgan fingerprint density at radius 2 is 2.27 bits per heavy atom. The molecule has 1 unspecified atom stereocenters. The summed E-state index contributed by atoms with van der Waals surface area (Å²) in [6.45, 7) is 5.27. The van der Waals surface area contributed by atoms with Gasteiger partial charge in [0.1, 0.15) is 5.76 Å². The van der Waals surface area contributed by atoms with Crippen molar-refractivity contribution < 1.29 is 9.32 Å². The van der Waals surface area contributed by atoms with E-state index < -0.39 is 0 Å². The van der Waals surface area contributed by atoms with Crippen LogP contribution in [0.4, 0.5) is 0 Å². The van der Waals surface area contributed by atoms with Gasteiger partial charge in [-0.3, -0.25) is 9.79 Å². The standard InChI is InChI=1S/C14H23N5O2.HI/c1-9-12(10(2)21-19-9)6-7-16-14(15-3)18-11-4-5-13(20)17-8-11;/h11H,4-8H2,1-3H3,(H,17,20)(H2,15,16,18);1H. The second-order valence-electron chi connectivity index (χ2n) is 5.24. The number of aliphatic imine (C=N–C) groups is 1. The molecule has 8 heteroatoms. The van der Waals surface area contributed by atoms with Crippen molar-refractivity contribution in [3.8, 4) is 0 Å². The minimum atomic E-state index is 0. The average Bonchev–Trinajstić information content (AvgIpc) is 2.80. The first-order valence-electron chi connectivity index (χ1n) is 7.25. The van der Waals surface area contributed by atoms with E-state index in [1.165, 1.54) is 0 Å². The molecule has 3 N–H and O–H groups in total. The zero-order valence-corrected chi connectivity index (χ0v) is 15.6. The van der Waals surface area contributed by atoms with Crippen LogP contribution in [0.2, 0.25) is 0 Å². The zero-order valence-electron chi connectivity index (χ0n) is 13.2. The van der Waals surface area contributed by atoms with Gasteiger partial charge in [-0.25, -0.2) is 0 Å². The molecule has 1 amide bonds. The van der Waals surface area contributed by atoms with E-state index in [0.717, 1.165) is 42.4 Å². The number of nitrogens with one attached hydrogen (secondary N) is 3. The highest BCUT2D eigenvalue weighted by atomic mass is 127. The Hall–Kier alpha value is -1.32. The quantitative estimate of drug-likeness (QED) is 0.382. The predicted octanol–water partition coefficient (Wildman–Crippen LogP) is 0.896. The van der Waals surface area contributed by atoms with Crippen LogP contribution in [0.1, 0.15) is 29.9 Å². The van der Waals surface area contributed by atoms with Gasteiger partial charge >= 0.3 is 0 Å². The van der Waals surface area contributed by atoms with Gasteiger partial charge in [0.15, 0.2) is 5.96 Å². The third-order valence-electron chi connectivity index (χ3n) is 3.68. The number of hydrogen-bond donors (Lipinski definition) is 3. The monoisotopic (exact) mass is 421 g/mol. The fourth-order valence-electron chi connectivity index (χ4n) is 2.41. The normalized spacial score (nSPS) is 18.4. The zero-order chi connectivity index (χ0) is 15.2. The van der Waals surface area contributed by atoms with E-state index >= 15 is 0 Å². The molecule has 124 valence electrons. The lowest BCUT2D eigenvalue weighted by molar-refractivity contribution is -0.122. The van der Waals surface area contributed by atoms with Crippen molar-refractivity contribution in [3.05, 3.63) is 17.0 Å². The van der Waals surface area contributed by atoms with Crippen molar-refractivity contribution in [2.75, 3.05) is 20.1 Å². The fraction of sp³-hybridized carbons (Fsp3) is 0.643. The van der Waals surface area contributed by atoms with E-state index in [-0.39, 0.29) is 35.9 Å². The van der Waals surface area contributed by atoms with E-state index in [1.807, 2.05) is 13.8 Å². The number of carbonyl (C=O) groups excluding carboxylic acids is 1. The van der Waals surface area contributed by atoms with Crippen molar-refractivity contribution in [3.63, 3.8) is 0 Å². The van der Waals surface area contributed by atoms with Gasteiger partial charge in [0.25, 0.3) is 0 Å². The number of guanidine groups is 1. The van der Waals surface area contributed by atoms with Crippen molar-refractivity contribution >= 4 is 35.8 Å². The van der Waals surface area contributed by atoms with Gasteiger partial charge in [0.2, 0.25) is 5.91 Å². The van der Waals surface area contributed by atoms with E-state index in [4.69, 9.17) is 4.52 Å². The Kier molecular flexibility index (Phi) is 7.63. The number of rotatable bonds is 4. The highest BCUT2D eigenvalue weighted by Crippen LogP contribution is 2.12. The average molecular weight is 421 g/mol. The molecule has 1 aromatic rings. The summed E-state index contributed by atoms with van der Waals surface area (Å²) in [7, 11) is 1.74. The molecule has 1 saturated heterocycles. The SMILES string of the molecule is CN=C(NCCc1c(C)noc1C)NC1CCC(=O)NC1.I. The molecule has 0 aromatic carbocycles. The molecule has 2 rings (SSSR count). The lowest BCUT2D eigenvalue weighted by atomic mass is 10.1. The van der Waals surface area contributed by atoms with Crippen LogP contribution < -0.4 is 16.0 Å². The molecular formula is C14H24IN5O2. The van der Waals surface area contributed by atoms with E-state index in [2.05, 4.69) is 26.1 Å². The smallest absolute Gasteiger partial charge is 0.220 e. The molecule has 7 nitrogen and oxygen atoms in total. The molecule has 0 aliphatic carbocycles. The molecule has 1 aromatic heterocycles. The molecular weight excluding hydrogens is 397 g/mol. The van der Waals surface area contributed by atoms with Crippen molar-refractivity contribution in [2.24, 2.45) is 4.99 Å². The maximum absolute atomic E-state index is 11.1. The highest BCUT2D eigenvalue weighted by molar-refractivity contribution is 14.0. The second-order valence-corrected chi connectivity index (χ2v) is 5.24. The Morgan fingerprint density at radius 3 is 2.82 bits per heavy atom. The van der Waals surface area contributed by atoms with Crippen LogP contribution in [0.3, 0.4) is 0 Å². The number of halogens is 1. The lowest BCUT2D eigenvalue weighted by Gasteiger charge is -2.25. The topological polar surface area (TPSA) is 91.6 Å². The summed E-state index contributed by atoms with van der Waals surface area (Å²) in [6.07, 6.45) is 2.23. The van der Waals surface area contributed by atoms with E-state index in [0.29, 0.717) is 13.0 Å². The Labute approximate surface area is 147 Å². The van der Waals surface area contributed by atoms with Crippen molar-refractivity contribution in [1.82, 2.24) is 21.1 Å². The molecule has 1 atom stereocenters. The number of hydrogen-bond acceptors (Lipinski definition) is 4. The van der Waals surface area contributed by atoms with E-state index in [9.17, 15) is 4.79 Å². The Bertz CT molecular complexity index is 500. The summed E-state index contributed by atoms with van der Waals surface area (Å²) in [5, 5.41) is 13.4. The lowest BCUT2D eigenvalue weighted by Crippen LogP contribution is -2.51. The summed E-state index contributed by atoms with van der Waals surface area (Å²) < 4.78 is 5.15. The summed E-state index contributed by atoms with van der Waals surface area (Å²) in [6, 6.07) is 0.230. The molecule has 0 saturated carbocycles. The molecule has 0 radical (unpaired) electrons. The molecule has 2 heterocycles. The van der Waals surface area contributed by atoms with E-state index in [1.54, 1.807) is 7.05 Å². The second kappa shape index (κ2) is 8.96. The van der Waals surface area contributed by atoms with Gasteiger partial charge in [0, 0.05) is 38.2 Å². The minimum absolute atomic E-state index is 0. The predicted molar refractivity (Wildman–Crippen MR) is 95.6 cm³/mol. The van der Waals surface area contributed by atoms with Crippen LogP contribution in [0.25, 0.3) is 0 Å². The van der Waals surface area contributed by atoms with Crippen LogP contribution in [0, 0.1) is 13.8 Å². The number of aromatic nitrogens is 1. The number of aryl methyl sites for hydroxylation is 2.